The molecule has 2 aliphatic carbocycles. The van der Waals surface area contributed by atoms with Crippen LogP contribution in [0.5, 0.6) is 11.5 Å². The quantitative estimate of drug-likeness (QED) is 0.171. The van der Waals surface area contributed by atoms with Crippen LogP contribution in [0.15, 0.2) is 24.0 Å². The van der Waals surface area contributed by atoms with Crippen molar-refractivity contribution in [3.8, 4) is 11.5 Å². The fraction of sp³-hybridized carbons (Fsp3) is 0.448. The third-order valence-corrected chi connectivity index (χ3v) is 8.53. The summed E-state index contributed by atoms with van der Waals surface area (Å²) in [4.78, 5) is 53.4. The predicted molar refractivity (Wildman–Crippen MR) is 144 cm³/mol. The molecule has 0 saturated carbocycles. The molecule has 15 nitrogen and oxygen atoms in total. The number of phenolic OH excluding ortho intramolecular Hbond substituents is 1. The van der Waals surface area contributed by atoms with E-state index in [-0.39, 0.29) is 27.6 Å². The van der Waals surface area contributed by atoms with E-state index in [9.17, 15) is 49.8 Å². The van der Waals surface area contributed by atoms with Gasteiger partial charge in [0.1, 0.15) is 41.1 Å². The van der Waals surface area contributed by atoms with E-state index in [0.717, 1.165) is 20.3 Å². The number of ketones is 3. The van der Waals surface area contributed by atoms with Crippen molar-refractivity contribution in [2.24, 2.45) is 0 Å². The second kappa shape index (κ2) is 10.6. The Labute approximate surface area is 248 Å². The molecule has 1 aliphatic heterocycles. The summed E-state index contributed by atoms with van der Waals surface area (Å²) in [5.41, 5.74) is -8.76. The van der Waals surface area contributed by atoms with Crippen LogP contribution in [0.3, 0.4) is 0 Å². The van der Waals surface area contributed by atoms with E-state index in [1.807, 2.05) is 0 Å². The SMILES string of the molecule is COC(=O)c1c(OC2OC(C)C(O)C(O)C2OC)cc2cc3c(c(O)c2c1C)C(=O)C1(O)C(=O)C=C(OC)C(O)C1(O)C3=O. The van der Waals surface area contributed by atoms with Gasteiger partial charge in [0.05, 0.1) is 25.9 Å². The van der Waals surface area contributed by atoms with Gasteiger partial charge in [0.15, 0.2) is 6.10 Å². The van der Waals surface area contributed by atoms with Crippen LogP contribution in [0.25, 0.3) is 10.8 Å². The zero-order valence-electron chi connectivity index (χ0n) is 24.1. The molecule has 44 heavy (non-hydrogen) atoms. The van der Waals surface area contributed by atoms with E-state index in [0.29, 0.717) is 6.08 Å². The number of aliphatic hydroxyl groups excluding tert-OH is 3. The van der Waals surface area contributed by atoms with Crippen molar-refractivity contribution in [3.63, 3.8) is 0 Å². The van der Waals surface area contributed by atoms with Crippen LogP contribution >= 0.6 is 0 Å². The Balaban J connectivity index is 1.75. The molecule has 1 saturated heterocycles. The number of aromatic hydroxyl groups is 1. The standard InChI is InChI=1S/C29H30O15/c1-9-16-11(7-13(17(9)26(37)42-5)44-27-22(41-4)21(33)19(31)10(2)43-27)6-12-18(20(16)32)25(36)28(38)15(30)8-14(40-3)24(35)29(28,39)23(12)34/h6-8,10,19,21-22,24,27,31-33,35,38-39H,1-5H3. The van der Waals surface area contributed by atoms with Crippen molar-refractivity contribution in [1.82, 2.24) is 0 Å². The summed E-state index contributed by atoms with van der Waals surface area (Å²) < 4.78 is 26.7. The van der Waals surface area contributed by atoms with Crippen molar-refractivity contribution < 1.29 is 73.5 Å². The molecule has 1 fully saturated rings. The lowest BCUT2D eigenvalue weighted by atomic mass is 9.60. The van der Waals surface area contributed by atoms with Gasteiger partial charge < -0.3 is 54.3 Å². The molecule has 0 bridgehead atoms. The number of ether oxygens (including phenoxy) is 5. The fourth-order valence-corrected chi connectivity index (χ4v) is 6.09. The number of hydrogen-bond donors (Lipinski definition) is 6. The van der Waals surface area contributed by atoms with E-state index in [1.54, 1.807) is 0 Å². The first kappa shape index (κ1) is 31.5. The highest BCUT2D eigenvalue weighted by Crippen LogP contribution is 2.49. The number of carbonyl (C=O) groups is 4. The molecule has 5 rings (SSSR count). The number of hydrogen-bond acceptors (Lipinski definition) is 15. The Bertz CT molecular complexity index is 1650. The average molecular weight is 619 g/mol. The number of benzene rings is 2. The summed E-state index contributed by atoms with van der Waals surface area (Å²) in [7, 11) is 3.34. The lowest BCUT2D eigenvalue weighted by Gasteiger charge is -2.47. The smallest absolute Gasteiger partial charge is 0.341 e. The maximum absolute atomic E-state index is 13.8. The maximum atomic E-state index is 13.8. The van der Waals surface area contributed by atoms with Crippen molar-refractivity contribution in [2.45, 2.75) is 61.9 Å². The number of carbonyl (C=O) groups excluding carboxylic acids is 4. The molecular formula is C29H30O15. The number of Topliss-reactive ketones (excluding diaryl/α,β-unsaturated/α-hetero) is 2. The molecule has 6 N–H and O–H groups in total. The lowest BCUT2D eigenvalue weighted by Crippen LogP contribution is -2.76. The summed E-state index contributed by atoms with van der Waals surface area (Å²) in [5.74, 6) is -7.24. The van der Waals surface area contributed by atoms with Crippen LogP contribution in [-0.4, -0.2) is 123 Å². The van der Waals surface area contributed by atoms with E-state index in [4.69, 9.17) is 23.7 Å². The number of aryl methyl sites for hydroxylation is 1. The molecule has 8 atom stereocenters. The summed E-state index contributed by atoms with van der Waals surface area (Å²) in [5, 5.41) is 65.4. The van der Waals surface area contributed by atoms with E-state index >= 15 is 0 Å². The highest BCUT2D eigenvalue weighted by Gasteiger charge is 2.73. The van der Waals surface area contributed by atoms with Gasteiger partial charge in [-0.2, -0.15) is 0 Å². The Morgan fingerprint density at radius 1 is 1.00 bits per heavy atom. The number of aliphatic hydroxyl groups is 5. The molecule has 0 radical (unpaired) electrons. The van der Waals surface area contributed by atoms with Gasteiger partial charge in [0.25, 0.3) is 0 Å². The van der Waals surface area contributed by atoms with Gasteiger partial charge in [0, 0.05) is 24.1 Å². The first-order valence-corrected chi connectivity index (χ1v) is 13.3. The Kier molecular flexibility index (Phi) is 7.57. The van der Waals surface area contributed by atoms with Crippen molar-refractivity contribution in [1.29, 1.82) is 0 Å². The molecule has 0 amide bonds. The number of phenols is 1. The van der Waals surface area contributed by atoms with Crippen LogP contribution in [-0.2, 0) is 23.7 Å². The molecule has 3 aliphatic rings. The second-order valence-electron chi connectivity index (χ2n) is 10.8. The van der Waals surface area contributed by atoms with Gasteiger partial charge in [0.2, 0.25) is 34.8 Å². The molecule has 0 spiro atoms. The van der Waals surface area contributed by atoms with E-state index in [2.05, 4.69) is 0 Å². The Morgan fingerprint density at radius 3 is 2.25 bits per heavy atom. The highest BCUT2D eigenvalue weighted by molar-refractivity contribution is 6.35. The van der Waals surface area contributed by atoms with E-state index in [1.165, 1.54) is 27.0 Å². The molecule has 15 heteroatoms. The zero-order chi connectivity index (χ0) is 32.6. The minimum Gasteiger partial charge on any atom is -0.507 e. The van der Waals surface area contributed by atoms with Crippen LogP contribution in [0.4, 0.5) is 0 Å². The number of esters is 1. The molecule has 2 aromatic rings. The van der Waals surface area contributed by atoms with Crippen LogP contribution < -0.4 is 4.74 Å². The van der Waals surface area contributed by atoms with Gasteiger partial charge >= 0.3 is 5.97 Å². The first-order valence-electron chi connectivity index (χ1n) is 13.3. The monoisotopic (exact) mass is 618 g/mol. The minimum atomic E-state index is -3.53. The predicted octanol–water partition coefficient (Wildman–Crippen LogP) is -1.18. The summed E-state index contributed by atoms with van der Waals surface area (Å²) in [6.07, 6.45) is -8.12. The normalized spacial score (nSPS) is 33.4. The largest absolute Gasteiger partial charge is 0.507 e. The Hall–Kier alpha value is -3.96. The molecule has 236 valence electrons. The zero-order valence-corrected chi connectivity index (χ0v) is 24.1. The van der Waals surface area contributed by atoms with Crippen molar-refractivity contribution in [2.75, 3.05) is 21.3 Å². The minimum absolute atomic E-state index is 0.0332. The van der Waals surface area contributed by atoms with Crippen LogP contribution in [0.2, 0.25) is 0 Å². The first-order chi connectivity index (χ1) is 20.6. The topological polar surface area (TPSA) is 236 Å². The summed E-state index contributed by atoms with van der Waals surface area (Å²) >= 11 is 0. The number of rotatable bonds is 5. The Morgan fingerprint density at radius 2 is 1.66 bits per heavy atom. The third-order valence-electron chi connectivity index (χ3n) is 8.53. The molecule has 0 aromatic heterocycles. The van der Waals surface area contributed by atoms with Crippen molar-refractivity contribution >= 4 is 34.1 Å². The van der Waals surface area contributed by atoms with Gasteiger partial charge in [-0.05, 0) is 36.9 Å². The van der Waals surface area contributed by atoms with Gasteiger partial charge in [-0.1, -0.05) is 0 Å². The summed E-state index contributed by atoms with van der Waals surface area (Å²) in [6, 6.07) is 2.22. The fourth-order valence-electron chi connectivity index (χ4n) is 6.09. The molecule has 8 unspecified atom stereocenters. The second-order valence-corrected chi connectivity index (χ2v) is 10.8. The average Bonchev–Trinajstić information content (AvgIpc) is 2.98. The lowest BCUT2D eigenvalue weighted by molar-refractivity contribution is -0.274. The van der Waals surface area contributed by atoms with Gasteiger partial charge in [-0.15, -0.1) is 0 Å². The van der Waals surface area contributed by atoms with Crippen molar-refractivity contribution in [3.05, 3.63) is 46.2 Å². The summed E-state index contributed by atoms with van der Waals surface area (Å²) in [6.45, 7) is 2.82. The molecular weight excluding hydrogens is 588 g/mol. The highest BCUT2D eigenvalue weighted by atomic mass is 16.7. The molecule has 2 aromatic carbocycles. The molecule has 1 heterocycles. The van der Waals surface area contributed by atoms with Crippen LogP contribution in [0, 0.1) is 6.92 Å². The van der Waals surface area contributed by atoms with Gasteiger partial charge in [-0.25, -0.2) is 4.79 Å². The van der Waals surface area contributed by atoms with Gasteiger partial charge in [-0.3, -0.25) is 14.4 Å². The third kappa shape index (κ3) is 3.94. The maximum Gasteiger partial charge on any atom is 0.341 e. The van der Waals surface area contributed by atoms with E-state index < -0.39 is 94.0 Å². The number of fused-ring (bicyclic) bond motifs is 3. The van der Waals surface area contributed by atoms with Crippen LogP contribution in [0.1, 0.15) is 43.6 Å². The number of methoxy groups -OCH3 is 3.